The van der Waals surface area contributed by atoms with E-state index in [1.165, 1.54) is 0 Å². The molecule has 23 heavy (non-hydrogen) atoms. The first-order valence-electron chi connectivity index (χ1n) is 6.68. The molecule has 1 aromatic heterocycles. The van der Waals surface area contributed by atoms with Gasteiger partial charge >= 0.3 is 6.16 Å². The number of benzene rings is 1. The maximum atomic E-state index is 11.6. The molecule has 8 heteroatoms. The zero-order chi connectivity index (χ0) is 17.0. The van der Waals surface area contributed by atoms with Gasteiger partial charge in [-0.05, 0) is 32.4 Å². The summed E-state index contributed by atoms with van der Waals surface area (Å²) >= 11 is 6.58. The molecule has 0 amide bonds. The van der Waals surface area contributed by atoms with Gasteiger partial charge in [0.2, 0.25) is 5.13 Å². The Morgan fingerprint density at radius 1 is 1.22 bits per heavy atom. The van der Waals surface area contributed by atoms with Gasteiger partial charge in [-0.25, -0.2) is 9.78 Å². The Bertz CT molecular complexity index is 710. The molecular weight excluding hydrogens is 340 g/mol. The van der Waals surface area contributed by atoms with Crippen LogP contribution in [0.1, 0.15) is 30.4 Å². The molecule has 6 nitrogen and oxygen atoms in total. The average molecular weight is 355 g/mol. The number of nitrogens with zero attached hydrogens (tertiary/aromatic N) is 1. The van der Waals surface area contributed by atoms with Crippen LogP contribution >= 0.6 is 22.9 Å². The second-order valence-electron chi connectivity index (χ2n) is 5.51. The smallest absolute Gasteiger partial charge is 0.427 e. The molecule has 0 atom stereocenters. The molecule has 2 aromatic rings. The molecule has 1 N–H and O–H groups in total. The maximum Gasteiger partial charge on any atom is 0.533 e. The second-order valence-corrected chi connectivity index (χ2v) is 6.85. The summed E-state index contributed by atoms with van der Waals surface area (Å²) in [6.45, 7) is 5.15. The largest absolute Gasteiger partial charge is 0.533 e. The van der Waals surface area contributed by atoms with Crippen molar-refractivity contribution in [3.05, 3.63) is 35.2 Å². The van der Waals surface area contributed by atoms with Crippen molar-refractivity contribution >= 4 is 39.5 Å². The highest BCUT2D eigenvalue weighted by Gasteiger charge is 2.21. The van der Waals surface area contributed by atoms with Gasteiger partial charge in [-0.15, -0.1) is 0 Å². The van der Waals surface area contributed by atoms with Crippen LogP contribution in [0.15, 0.2) is 30.3 Å². The van der Waals surface area contributed by atoms with Crippen molar-refractivity contribution in [2.75, 3.05) is 5.48 Å². The minimum Gasteiger partial charge on any atom is -0.427 e. The lowest BCUT2D eigenvalue weighted by Crippen LogP contribution is -2.25. The Kier molecular flexibility index (Phi) is 5.23. The maximum absolute atomic E-state index is 11.6. The molecule has 1 heterocycles. The molecule has 0 saturated carbocycles. The summed E-state index contributed by atoms with van der Waals surface area (Å²) in [6, 6.07) is 9.10. The van der Waals surface area contributed by atoms with Crippen LogP contribution in [0.5, 0.6) is 0 Å². The topological polar surface area (TPSA) is 77.5 Å². The van der Waals surface area contributed by atoms with E-state index in [1.54, 1.807) is 32.9 Å². The van der Waals surface area contributed by atoms with Gasteiger partial charge in [-0.3, -0.25) is 4.79 Å². The number of thiazole rings is 1. The molecule has 0 aliphatic carbocycles. The Morgan fingerprint density at radius 3 is 2.43 bits per heavy atom. The van der Waals surface area contributed by atoms with E-state index in [2.05, 4.69) is 10.5 Å². The Balaban J connectivity index is 2.15. The number of rotatable bonds is 4. The van der Waals surface area contributed by atoms with Gasteiger partial charge in [0, 0.05) is 5.56 Å². The lowest BCUT2D eigenvalue weighted by Gasteiger charge is -2.18. The van der Waals surface area contributed by atoms with E-state index in [4.69, 9.17) is 21.2 Å². The molecule has 122 valence electrons. The van der Waals surface area contributed by atoms with Crippen molar-refractivity contribution in [2.45, 2.75) is 26.4 Å². The van der Waals surface area contributed by atoms with Crippen molar-refractivity contribution in [1.82, 2.24) is 4.98 Å². The van der Waals surface area contributed by atoms with Crippen molar-refractivity contribution in [1.29, 1.82) is 0 Å². The summed E-state index contributed by atoms with van der Waals surface area (Å²) in [5, 5.41) is -0.412. The Morgan fingerprint density at radius 2 is 1.87 bits per heavy atom. The number of anilines is 1. The highest BCUT2D eigenvalue weighted by molar-refractivity contribution is 7.19. The van der Waals surface area contributed by atoms with Gasteiger partial charge in [0.25, 0.3) is 5.24 Å². The third-order valence-electron chi connectivity index (χ3n) is 2.46. The van der Waals surface area contributed by atoms with Crippen LogP contribution < -0.4 is 5.48 Å². The molecular formula is C15H15ClN2O4S. The Labute approximate surface area is 142 Å². The quantitative estimate of drug-likeness (QED) is 0.496. The van der Waals surface area contributed by atoms with E-state index in [-0.39, 0.29) is 10.0 Å². The van der Waals surface area contributed by atoms with Crippen LogP contribution in [0.3, 0.4) is 0 Å². The fourth-order valence-corrected chi connectivity index (χ4v) is 2.60. The summed E-state index contributed by atoms with van der Waals surface area (Å²) in [4.78, 5) is 32.3. The van der Waals surface area contributed by atoms with Crippen molar-refractivity contribution in [3.8, 4) is 11.3 Å². The van der Waals surface area contributed by atoms with E-state index in [0.717, 1.165) is 16.9 Å². The first-order valence-corrected chi connectivity index (χ1v) is 7.87. The molecule has 0 spiro atoms. The fraction of sp³-hybridized carbons (Fsp3) is 0.267. The van der Waals surface area contributed by atoms with E-state index in [0.29, 0.717) is 5.69 Å². The molecule has 0 unspecified atom stereocenters. The molecule has 1 aromatic carbocycles. The summed E-state index contributed by atoms with van der Waals surface area (Å²) in [5.41, 5.74) is 2.86. The van der Waals surface area contributed by atoms with Gasteiger partial charge in [-0.2, -0.15) is 5.48 Å². The minimum atomic E-state index is -0.896. The summed E-state index contributed by atoms with van der Waals surface area (Å²) in [7, 11) is 0. The highest BCUT2D eigenvalue weighted by atomic mass is 35.5. The number of hydrogen-bond donors (Lipinski definition) is 1. The summed E-state index contributed by atoms with van der Waals surface area (Å²) < 4.78 is 4.99. The van der Waals surface area contributed by atoms with Crippen molar-refractivity contribution in [2.24, 2.45) is 0 Å². The number of hydrogen-bond acceptors (Lipinski definition) is 7. The SMILES string of the molecule is CC(C)(C)OC(=O)ONc1nc(-c2ccccc2)c(C(=O)Cl)s1. The number of halogens is 1. The fourth-order valence-electron chi connectivity index (χ4n) is 1.64. The molecule has 0 aliphatic heterocycles. The predicted octanol–water partition coefficient (Wildman–Crippen LogP) is 4.47. The number of aromatic nitrogens is 1. The van der Waals surface area contributed by atoms with Gasteiger partial charge in [0.05, 0.1) is 5.69 Å². The molecule has 0 radical (unpaired) electrons. The normalized spacial score (nSPS) is 11.0. The van der Waals surface area contributed by atoms with Crippen LogP contribution in [0.2, 0.25) is 0 Å². The summed E-state index contributed by atoms with van der Waals surface area (Å²) in [5.74, 6) is 0. The second kappa shape index (κ2) is 6.97. The van der Waals surface area contributed by atoms with Gasteiger partial charge in [0.1, 0.15) is 10.5 Å². The third-order valence-corrected chi connectivity index (χ3v) is 3.72. The molecule has 0 fully saturated rings. The van der Waals surface area contributed by atoms with E-state index in [1.807, 2.05) is 18.2 Å². The van der Waals surface area contributed by atoms with Gasteiger partial charge in [0.15, 0.2) is 0 Å². The average Bonchev–Trinajstić information content (AvgIpc) is 2.89. The number of carbonyl (C=O) groups is 2. The number of ether oxygens (including phenoxy) is 1. The monoisotopic (exact) mass is 354 g/mol. The van der Waals surface area contributed by atoms with Crippen LogP contribution in [-0.4, -0.2) is 22.0 Å². The summed E-state index contributed by atoms with van der Waals surface area (Å²) in [6.07, 6.45) is -0.896. The number of carbonyl (C=O) groups excluding carboxylic acids is 2. The first kappa shape index (κ1) is 17.2. The lowest BCUT2D eigenvalue weighted by molar-refractivity contribution is 0.00298. The van der Waals surface area contributed by atoms with Crippen LogP contribution in [0, 0.1) is 0 Å². The first-order chi connectivity index (χ1) is 10.8. The van der Waals surface area contributed by atoms with Crippen molar-refractivity contribution in [3.63, 3.8) is 0 Å². The third kappa shape index (κ3) is 4.94. The standard InChI is InChI=1S/C15H15ClN2O4S/c1-15(2,3)21-14(20)22-18-13-17-10(11(23-13)12(16)19)9-7-5-4-6-8-9/h4-8H,1-3H3,(H,17,18). The van der Waals surface area contributed by atoms with Gasteiger partial charge < -0.3 is 9.57 Å². The zero-order valence-electron chi connectivity index (χ0n) is 12.8. The molecule has 0 saturated heterocycles. The van der Waals surface area contributed by atoms with Crippen LogP contribution in [0.25, 0.3) is 11.3 Å². The highest BCUT2D eigenvalue weighted by Crippen LogP contribution is 2.32. The predicted molar refractivity (Wildman–Crippen MR) is 88.7 cm³/mol. The van der Waals surface area contributed by atoms with Crippen LogP contribution in [-0.2, 0) is 9.57 Å². The lowest BCUT2D eigenvalue weighted by atomic mass is 10.1. The molecule has 2 rings (SSSR count). The molecule has 0 aliphatic rings. The molecule has 0 bridgehead atoms. The number of nitrogens with one attached hydrogen (secondary N) is 1. The van der Waals surface area contributed by atoms with Gasteiger partial charge in [-0.1, -0.05) is 41.7 Å². The van der Waals surface area contributed by atoms with Crippen molar-refractivity contribution < 1.29 is 19.2 Å². The minimum absolute atomic E-state index is 0.221. The zero-order valence-corrected chi connectivity index (χ0v) is 14.3. The Hall–Kier alpha value is -2.12. The van der Waals surface area contributed by atoms with E-state index < -0.39 is 17.0 Å². The van der Waals surface area contributed by atoms with E-state index >= 15 is 0 Å². The van der Waals surface area contributed by atoms with E-state index in [9.17, 15) is 9.59 Å². The van der Waals surface area contributed by atoms with Crippen LogP contribution in [0.4, 0.5) is 9.93 Å².